The standard InChI is InChI=1S/C16H27N3O2S.HI/c1-6-17-15(19-11-16(2,3)22-5)18-10-12-9-13(21-4)7-8-14(12)20;/h7-9,20H,6,10-11H2,1-5H3,(H2,17,18,19);1H. The fourth-order valence-corrected chi connectivity index (χ4v) is 1.91. The van der Waals surface area contributed by atoms with Crippen LogP contribution < -0.4 is 15.4 Å². The number of ether oxygens (including phenoxy) is 1. The van der Waals surface area contributed by atoms with Gasteiger partial charge in [0.2, 0.25) is 0 Å². The molecule has 0 saturated carbocycles. The Hall–Kier alpha value is -0.830. The van der Waals surface area contributed by atoms with Crippen molar-refractivity contribution in [2.24, 2.45) is 4.99 Å². The molecule has 7 heteroatoms. The first kappa shape index (κ1) is 22.2. The number of nitrogens with zero attached hydrogens (tertiary/aromatic N) is 1. The highest BCUT2D eigenvalue weighted by Gasteiger charge is 2.16. The van der Waals surface area contributed by atoms with Crippen LogP contribution in [0.25, 0.3) is 0 Å². The summed E-state index contributed by atoms with van der Waals surface area (Å²) < 4.78 is 5.31. The predicted molar refractivity (Wildman–Crippen MR) is 110 cm³/mol. The third kappa shape index (κ3) is 8.01. The van der Waals surface area contributed by atoms with E-state index in [0.29, 0.717) is 12.3 Å². The lowest BCUT2D eigenvalue weighted by molar-refractivity contribution is 0.411. The van der Waals surface area contributed by atoms with Crippen LogP contribution in [0.3, 0.4) is 0 Å². The van der Waals surface area contributed by atoms with Gasteiger partial charge < -0.3 is 20.5 Å². The number of rotatable bonds is 7. The molecule has 132 valence electrons. The molecule has 0 heterocycles. The number of aliphatic imine (C=N–C) groups is 1. The first-order valence-corrected chi connectivity index (χ1v) is 8.57. The zero-order valence-corrected chi connectivity index (χ0v) is 17.6. The monoisotopic (exact) mass is 453 g/mol. The van der Waals surface area contributed by atoms with E-state index in [1.165, 1.54) is 0 Å². The van der Waals surface area contributed by atoms with Gasteiger partial charge in [-0.15, -0.1) is 24.0 Å². The molecule has 0 unspecified atom stereocenters. The van der Waals surface area contributed by atoms with Crippen LogP contribution in [0.4, 0.5) is 0 Å². The Bertz CT molecular complexity index is 510. The van der Waals surface area contributed by atoms with Crippen LogP contribution in [-0.4, -0.2) is 42.3 Å². The van der Waals surface area contributed by atoms with Crippen LogP contribution >= 0.6 is 35.7 Å². The number of phenolic OH excluding ortho intramolecular Hbond substituents is 1. The summed E-state index contributed by atoms with van der Waals surface area (Å²) in [7, 11) is 1.61. The van der Waals surface area contributed by atoms with Crippen molar-refractivity contribution in [1.29, 1.82) is 0 Å². The number of guanidine groups is 1. The minimum Gasteiger partial charge on any atom is -0.508 e. The molecule has 0 amide bonds. The maximum Gasteiger partial charge on any atom is 0.191 e. The van der Waals surface area contributed by atoms with Crippen LogP contribution in [0, 0.1) is 0 Å². The summed E-state index contributed by atoms with van der Waals surface area (Å²) in [6.07, 6.45) is 2.10. The number of hydrogen-bond acceptors (Lipinski definition) is 4. The molecule has 0 bridgehead atoms. The molecule has 0 spiro atoms. The van der Waals surface area contributed by atoms with E-state index in [2.05, 4.69) is 35.7 Å². The molecule has 3 N–H and O–H groups in total. The Morgan fingerprint density at radius 1 is 1.35 bits per heavy atom. The average Bonchev–Trinajstić information content (AvgIpc) is 2.51. The van der Waals surface area contributed by atoms with Gasteiger partial charge in [-0.05, 0) is 45.2 Å². The SMILES string of the molecule is CCNC(=NCc1cc(OC)ccc1O)NCC(C)(C)SC.I. The molecule has 5 nitrogen and oxygen atoms in total. The number of nitrogens with one attached hydrogen (secondary N) is 2. The highest BCUT2D eigenvalue weighted by Crippen LogP contribution is 2.23. The van der Waals surface area contributed by atoms with Gasteiger partial charge in [-0.2, -0.15) is 11.8 Å². The summed E-state index contributed by atoms with van der Waals surface area (Å²) in [5, 5.41) is 16.5. The van der Waals surface area contributed by atoms with E-state index < -0.39 is 0 Å². The van der Waals surface area contributed by atoms with E-state index in [1.807, 2.05) is 18.7 Å². The minimum atomic E-state index is 0. The largest absolute Gasteiger partial charge is 0.508 e. The summed E-state index contributed by atoms with van der Waals surface area (Å²) in [5.41, 5.74) is 0.737. The van der Waals surface area contributed by atoms with Gasteiger partial charge in [0, 0.05) is 23.4 Å². The van der Waals surface area contributed by atoms with Crippen molar-refractivity contribution in [3.8, 4) is 11.5 Å². The van der Waals surface area contributed by atoms with Crippen molar-refractivity contribution in [2.75, 3.05) is 26.5 Å². The van der Waals surface area contributed by atoms with Crippen molar-refractivity contribution in [1.82, 2.24) is 10.6 Å². The van der Waals surface area contributed by atoms with Crippen molar-refractivity contribution >= 4 is 41.7 Å². The molecule has 0 radical (unpaired) electrons. The van der Waals surface area contributed by atoms with Gasteiger partial charge in [-0.1, -0.05) is 0 Å². The Morgan fingerprint density at radius 3 is 2.61 bits per heavy atom. The molecule has 0 saturated heterocycles. The number of phenols is 1. The smallest absolute Gasteiger partial charge is 0.191 e. The van der Waals surface area contributed by atoms with Gasteiger partial charge in [0.15, 0.2) is 5.96 Å². The van der Waals surface area contributed by atoms with Crippen LogP contribution in [0.2, 0.25) is 0 Å². The topological polar surface area (TPSA) is 65.9 Å². The van der Waals surface area contributed by atoms with Gasteiger partial charge in [0.05, 0.1) is 13.7 Å². The molecular formula is C16H28IN3O2S. The van der Waals surface area contributed by atoms with E-state index in [4.69, 9.17) is 4.74 Å². The second-order valence-electron chi connectivity index (χ2n) is 5.51. The number of benzene rings is 1. The molecule has 0 fully saturated rings. The fourth-order valence-electron chi connectivity index (χ4n) is 1.69. The van der Waals surface area contributed by atoms with Crippen molar-refractivity contribution in [2.45, 2.75) is 32.1 Å². The first-order chi connectivity index (χ1) is 10.4. The van der Waals surface area contributed by atoms with Gasteiger partial charge in [0.25, 0.3) is 0 Å². The minimum absolute atomic E-state index is 0. The Kier molecular flexibility index (Phi) is 10.5. The highest BCUT2D eigenvalue weighted by atomic mass is 127. The van der Waals surface area contributed by atoms with Crippen molar-refractivity contribution in [3.05, 3.63) is 23.8 Å². The Balaban J connectivity index is 0.00000484. The summed E-state index contributed by atoms with van der Waals surface area (Å²) >= 11 is 1.81. The van der Waals surface area contributed by atoms with Crippen LogP contribution in [0.1, 0.15) is 26.3 Å². The molecular weight excluding hydrogens is 425 g/mol. The number of aromatic hydroxyl groups is 1. The molecule has 0 aliphatic heterocycles. The number of hydrogen-bond donors (Lipinski definition) is 3. The molecule has 0 aliphatic rings. The van der Waals surface area contributed by atoms with Crippen LogP contribution in [-0.2, 0) is 6.54 Å². The molecule has 1 aromatic carbocycles. The highest BCUT2D eigenvalue weighted by molar-refractivity contribution is 14.0. The maximum absolute atomic E-state index is 9.90. The summed E-state index contributed by atoms with van der Waals surface area (Å²) in [4.78, 5) is 4.53. The van der Waals surface area contributed by atoms with E-state index in [-0.39, 0.29) is 34.5 Å². The Morgan fingerprint density at radius 2 is 2.04 bits per heavy atom. The summed E-state index contributed by atoms with van der Waals surface area (Å²) in [5.74, 6) is 1.68. The van der Waals surface area contributed by atoms with Gasteiger partial charge in [0.1, 0.15) is 11.5 Å². The number of thioether (sulfide) groups is 1. The van der Waals surface area contributed by atoms with Gasteiger partial charge >= 0.3 is 0 Å². The molecule has 1 rings (SSSR count). The number of methoxy groups -OCH3 is 1. The maximum atomic E-state index is 9.90. The predicted octanol–water partition coefficient (Wildman–Crippen LogP) is 3.22. The zero-order chi connectivity index (χ0) is 16.6. The zero-order valence-electron chi connectivity index (χ0n) is 14.5. The van der Waals surface area contributed by atoms with Crippen LogP contribution in [0.5, 0.6) is 11.5 Å². The van der Waals surface area contributed by atoms with Gasteiger partial charge in [-0.25, -0.2) is 4.99 Å². The third-order valence-electron chi connectivity index (χ3n) is 3.27. The fraction of sp³-hybridized carbons (Fsp3) is 0.562. The van der Waals surface area contributed by atoms with E-state index in [0.717, 1.165) is 24.6 Å². The number of halogens is 1. The van der Waals surface area contributed by atoms with E-state index in [9.17, 15) is 5.11 Å². The van der Waals surface area contributed by atoms with E-state index >= 15 is 0 Å². The quantitative estimate of drug-likeness (QED) is 0.336. The van der Waals surface area contributed by atoms with Gasteiger partial charge in [-0.3, -0.25) is 0 Å². The lowest BCUT2D eigenvalue weighted by atomic mass is 10.2. The third-order valence-corrected chi connectivity index (χ3v) is 4.52. The molecule has 0 aromatic heterocycles. The lowest BCUT2D eigenvalue weighted by Crippen LogP contribution is -2.43. The summed E-state index contributed by atoms with van der Waals surface area (Å²) in [6.45, 7) is 8.38. The second-order valence-corrected chi connectivity index (χ2v) is 7.02. The normalized spacial score (nSPS) is 11.6. The molecule has 1 aromatic rings. The van der Waals surface area contributed by atoms with Crippen molar-refractivity contribution < 1.29 is 9.84 Å². The average molecular weight is 453 g/mol. The lowest BCUT2D eigenvalue weighted by Gasteiger charge is -2.23. The van der Waals surface area contributed by atoms with Crippen molar-refractivity contribution in [3.63, 3.8) is 0 Å². The molecule has 23 heavy (non-hydrogen) atoms. The van der Waals surface area contributed by atoms with E-state index in [1.54, 1.807) is 25.3 Å². The second kappa shape index (κ2) is 10.9. The first-order valence-electron chi connectivity index (χ1n) is 7.35. The van der Waals surface area contributed by atoms with Crippen LogP contribution in [0.15, 0.2) is 23.2 Å². The summed E-state index contributed by atoms with van der Waals surface area (Å²) in [6, 6.07) is 5.15. The Labute approximate surface area is 160 Å². The molecule has 0 atom stereocenters. The molecule has 0 aliphatic carbocycles.